The molecule has 0 aromatic carbocycles. The van der Waals surface area contributed by atoms with Gasteiger partial charge >= 0.3 is 0 Å². The van der Waals surface area contributed by atoms with E-state index in [4.69, 9.17) is 0 Å². The van der Waals surface area contributed by atoms with Gasteiger partial charge in [-0.2, -0.15) is 0 Å². The highest BCUT2D eigenvalue weighted by Gasteiger charge is 2.30. The minimum absolute atomic E-state index is 0.232. The average Bonchev–Trinajstić information content (AvgIpc) is 2.08. The molecule has 0 heterocycles. The Bertz CT molecular complexity index is 179. The fraction of sp³-hybridized carbons (Fsp3) is 1.00. The molecule has 0 aliphatic carbocycles. The van der Waals surface area contributed by atoms with E-state index in [0.717, 1.165) is 18.4 Å². The summed E-state index contributed by atoms with van der Waals surface area (Å²) in [5.41, 5.74) is 0.629. The summed E-state index contributed by atoms with van der Waals surface area (Å²) in [6.07, 6.45) is 2.59. The third-order valence-electron chi connectivity index (χ3n) is 3.58. The Labute approximate surface area is 103 Å². The van der Waals surface area contributed by atoms with Crippen LogP contribution >= 0.6 is 0 Å². The molecule has 0 saturated carbocycles. The van der Waals surface area contributed by atoms with Crippen molar-refractivity contribution in [3.8, 4) is 0 Å². The van der Waals surface area contributed by atoms with E-state index >= 15 is 0 Å². The van der Waals surface area contributed by atoms with Gasteiger partial charge < -0.3 is 5.32 Å². The van der Waals surface area contributed by atoms with Crippen molar-refractivity contribution in [2.75, 3.05) is 6.54 Å². The minimum atomic E-state index is 0.232. The summed E-state index contributed by atoms with van der Waals surface area (Å²) in [4.78, 5) is 0. The van der Waals surface area contributed by atoms with Crippen molar-refractivity contribution in [2.45, 2.75) is 73.8 Å². The van der Waals surface area contributed by atoms with E-state index in [2.05, 4.69) is 60.7 Å². The molecule has 0 aliphatic rings. The van der Waals surface area contributed by atoms with Crippen molar-refractivity contribution in [1.29, 1.82) is 0 Å². The summed E-state index contributed by atoms with van der Waals surface area (Å²) in [5.74, 6) is 1.61. The van der Waals surface area contributed by atoms with Crippen molar-refractivity contribution >= 4 is 0 Å². The van der Waals surface area contributed by atoms with Crippen LogP contribution in [-0.4, -0.2) is 12.1 Å². The molecule has 0 saturated heterocycles. The van der Waals surface area contributed by atoms with Crippen molar-refractivity contribution in [1.82, 2.24) is 5.32 Å². The van der Waals surface area contributed by atoms with E-state index in [1.165, 1.54) is 12.8 Å². The Morgan fingerprint density at radius 1 is 0.875 bits per heavy atom. The Kier molecular flexibility index (Phi) is 6.03. The fourth-order valence-electron chi connectivity index (χ4n) is 2.45. The Hall–Kier alpha value is -0.0400. The van der Waals surface area contributed by atoms with E-state index in [0.29, 0.717) is 5.41 Å². The first kappa shape index (κ1) is 16.0. The Morgan fingerprint density at radius 2 is 1.31 bits per heavy atom. The Morgan fingerprint density at radius 3 is 1.56 bits per heavy atom. The normalized spacial score (nSPS) is 15.6. The second-order valence-electron chi connectivity index (χ2n) is 7.18. The first-order valence-electron chi connectivity index (χ1n) is 6.86. The summed E-state index contributed by atoms with van der Waals surface area (Å²) in [6, 6.07) is 0. The summed E-state index contributed by atoms with van der Waals surface area (Å²) in [7, 11) is 0. The van der Waals surface area contributed by atoms with E-state index in [1.807, 2.05) is 0 Å². The van der Waals surface area contributed by atoms with Gasteiger partial charge in [-0.25, -0.2) is 0 Å². The highest BCUT2D eigenvalue weighted by molar-refractivity contribution is 4.83. The Balaban J connectivity index is 4.57. The largest absolute Gasteiger partial charge is 0.312 e. The van der Waals surface area contributed by atoms with E-state index in [-0.39, 0.29) is 5.54 Å². The molecule has 98 valence electrons. The number of rotatable bonds is 5. The second-order valence-corrected chi connectivity index (χ2v) is 7.18. The smallest absolute Gasteiger partial charge is 0.00966 e. The maximum absolute atomic E-state index is 3.68. The van der Waals surface area contributed by atoms with Gasteiger partial charge in [-0.1, -0.05) is 47.5 Å². The molecule has 0 spiro atoms. The monoisotopic (exact) mass is 227 g/mol. The van der Waals surface area contributed by atoms with Crippen molar-refractivity contribution < 1.29 is 0 Å². The average molecular weight is 227 g/mol. The van der Waals surface area contributed by atoms with Crippen LogP contribution in [0.1, 0.15) is 68.2 Å². The van der Waals surface area contributed by atoms with E-state index < -0.39 is 0 Å². The van der Waals surface area contributed by atoms with Gasteiger partial charge in [0, 0.05) is 5.54 Å². The minimum Gasteiger partial charge on any atom is -0.312 e. The molecule has 1 nitrogen and oxygen atoms in total. The second kappa shape index (κ2) is 6.05. The molecule has 0 aromatic rings. The molecule has 0 aromatic heterocycles. The molecule has 1 unspecified atom stereocenters. The summed E-state index contributed by atoms with van der Waals surface area (Å²) >= 11 is 0. The quantitative estimate of drug-likeness (QED) is 0.730. The molecule has 1 N–H and O–H groups in total. The number of hydrogen-bond acceptors (Lipinski definition) is 1. The lowest BCUT2D eigenvalue weighted by Crippen LogP contribution is -2.44. The molecule has 0 aliphatic heterocycles. The SMILES string of the molecule is CCC(CC)C(CNC(C)(C)C)C(C)(C)C. The summed E-state index contributed by atoms with van der Waals surface area (Å²) in [5, 5.41) is 3.68. The standard InChI is InChI=1S/C15H33N/c1-9-12(10-2)13(14(3,4)5)11-16-15(6,7)8/h12-13,16H,9-11H2,1-8H3. The predicted molar refractivity (Wildman–Crippen MR) is 74.8 cm³/mol. The van der Waals surface area contributed by atoms with Gasteiger partial charge in [-0.3, -0.25) is 0 Å². The molecule has 1 heteroatoms. The molecule has 16 heavy (non-hydrogen) atoms. The zero-order valence-corrected chi connectivity index (χ0v) is 12.8. The molecule has 0 bridgehead atoms. The van der Waals surface area contributed by atoms with Crippen LogP contribution in [0.3, 0.4) is 0 Å². The van der Waals surface area contributed by atoms with Crippen LogP contribution in [0.5, 0.6) is 0 Å². The van der Waals surface area contributed by atoms with Gasteiger partial charge in [0.1, 0.15) is 0 Å². The van der Waals surface area contributed by atoms with Crippen molar-refractivity contribution in [3.05, 3.63) is 0 Å². The molecule has 0 rings (SSSR count). The van der Waals surface area contributed by atoms with E-state index in [9.17, 15) is 0 Å². The molecule has 0 radical (unpaired) electrons. The number of hydrogen-bond donors (Lipinski definition) is 1. The third kappa shape index (κ3) is 5.89. The summed E-state index contributed by atoms with van der Waals surface area (Å²) < 4.78 is 0. The van der Waals surface area contributed by atoms with Crippen molar-refractivity contribution in [3.63, 3.8) is 0 Å². The first-order valence-corrected chi connectivity index (χ1v) is 6.86. The lowest BCUT2D eigenvalue weighted by atomic mass is 9.71. The van der Waals surface area contributed by atoms with Crippen LogP contribution in [0, 0.1) is 17.3 Å². The highest BCUT2D eigenvalue weighted by atomic mass is 14.9. The maximum Gasteiger partial charge on any atom is 0.00966 e. The van der Waals surface area contributed by atoms with Crippen LogP contribution in [0.15, 0.2) is 0 Å². The number of nitrogens with one attached hydrogen (secondary N) is 1. The van der Waals surface area contributed by atoms with Crippen LogP contribution in [0.25, 0.3) is 0 Å². The zero-order chi connectivity index (χ0) is 13.0. The highest BCUT2D eigenvalue weighted by Crippen LogP contribution is 2.35. The lowest BCUT2D eigenvalue weighted by Gasteiger charge is -2.38. The van der Waals surface area contributed by atoms with Crippen LogP contribution < -0.4 is 5.32 Å². The molecule has 0 fully saturated rings. The predicted octanol–water partition coefficient (Wildman–Crippen LogP) is 4.47. The van der Waals surface area contributed by atoms with E-state index in [1.54, 1.807) is 0 Å². The van der Waals surface area contributed by atoms with Gasteiger partial charge in [0.05, 0.1) is 0 Å². The van der Waals surface area contributed by atoms with Crippen LogP contribution in [-0.2, 0) is 0 Å². The molecular weight excluding hydrogens is 194 g/mol. The topological polar surface area (TPSA) is 12.0 Å². The first-order chi connectivity index (χ1) is 7.11. The van der Waals surface area contributed by atoms with Crippen LogP contribution in [0.2, 0.25) is 0 Å². The van der Waals surface area contributed by atoms with Gasteiger partial charge in [0.15, 0.2) is 0 Å². The van der Waals surface area contributed by atoms with Crippen LogP contribution in [0.4, 0.5) is 0 Å². The van der Waals surface area contributed by atoms with Gasteiger partial charge in [-0.15, -0.1) is 0 Å². The van der Waals surface area contributed by atoms with Gasteiger partial charge in [0.25, 0.3) is 0 Å². The maximum atomic E-state index is 3.68. The molecule has 1 atom stereocenters. The molecular formula is C15H33N. The van der Waals surface area contributed by atoms with Gasteiger partial charge in [-0.05, 0) is 44.6 Å². The summed E-state index contributed by atoms with van der Waals surface area (Å²) in [6.45, 7) is 19.7. The van der Waals surface area contributed by atoms with Gasteiger partial charge in [0.2, 0.25) is 0 Å². The zero-order valence-electron chi connectivity index (χ0n) is 12.8. The lowest BCUT2D eigenvalue weighted by molar-refractivity contribution is 0.136. The fourth-order valence-corrected chi connectivity index (χ4v) is 2.45. The third-order valence-corrected chi connectivity index (χ3v) is 3.58. The van der Waals surface area contributed by atoms with Crippen molar-refractivity contribution in [2.24, 2.45) is 17.3 Å². The molecule has 0 amide bonds.